The number of carbonyl (C=O) groups is 3. The van der Waals surface area contributed by atoms with Crippen molar-refractivity contribution in [1.82, 2.24) is 4.90 Å². The molecule has 2 atom stereocenters. The van der Waals surface area contributed by atoms with Gasteiger partial charge in [0.05, 0.1) is 17.4 Å². The van der Waals surface area contributed by atoms with Crippen LogP contribution in [0.15, 0.2) is 11.4 Å². The lowest BCUT2D eigenvalue weighted by atomic mass is 9.81. The topological polar surface area (TPSA) is 90.3 Å². The fraction of sp³-hybridized carbons (Fsp3) is 0.500. The summed E-state index contributed by atoms with van der Waals surface area (Å²) in [5, 5.41) is 13.8. The summed E-state index contributed by atoms with van der Waals surface area (Å²) < 4.78 is 0. The van der Waals surface area contributed by atoms with E-state index in [9.17, 15) is 14.4 Å². The Morgan fingerprint density at radius 1 is 1.30 bits per heavy atom. The van der Waals surface area contributed by atoms with Gasteiger partial charge in [0.25, 0.3) is 0 Å². The lowest BCUT2D eigenvalue weighted by Crippen LogP contribution is -2.34. The lowest BCUT2D eigenvalue weighted by molar-refractivity contribution is -0.140. The molecule has 3 rings (SSSR count). The van der Waals surface area contributed by atoms with Crippen LogP contribution < -0.4 is 5.32 Å². The number of nitrogens with one attached hydrogen (secondary N) is 1. The molecular formula is C16H17N3O3S. The van der Waals surface area contributed by atoms with Crippen molar-refractivity contribution in [3.8, 4) is 6.07 Å². The van der Waals surface area contributed by atoms with Gasteiger partial charge >= 0.3 is 0 Å². The number of amides is 3. The van der Waals surface area contributed by atoms with Gasteiger partial charge in [-0.1, -0.05) is 12.8 Å². The lowest BCUT2D eigenvalue weighted by Gasteiger charge is -2.19. The molecule has 7 heteroatoms. The maximum absolute atomic E-state index is 12.3. The summed E-state index contributed by atoms with van der Waals surface area (Å²) in [7, 11) is 0. The van der Waals surface area contributed by atoms with Crippen LogP contribution in [-0.2, 0) is 14.4 Å². The van der Waals surface area contributed by atoms with E-state index in [0.29, 0.717) is 10.6 Å². The highest BCUT2D eigenvalue weighted by atomic mass is 32.1. The molecule has 2 aliphatic rings. The summed E-state index contributed by atoms with van der Waals surface area (Å²) in [4.78, 5) is 37.9. The zero-order chi connectivity index (χ0) is 16.4. The second kappa shape index (κ2) is 6.50. The molecule has 2 heterocycles. The quantitative estimate of drug-likeness (QED) is 0.856. The number of fused-ring (bicyclic) bond motifs is 1. The summed E-state index contributed by atoms with van der Waals surface area (Å²) in [5.41, 5.74) is 0.419. The zero-order valence-corrected chi connectivity index (χ0v) is 13.4. The average molecular weight is 331 g/mol. The standard InChI is InChI=1S/C16H17N3O3S/c17-9-10-6-8-23-14(10)18-13(20)5-7-19-15(21)11-3-1-2-4-12(11)16(19)22/h6,8,11-12H,1-5,7H2,(H,18,20)/t11-,12-/m0/s1. The van der Waals surface area contributed by atoms with Gasteiger partial charge in [-0.25, -0.2) is 0 Å². The number of carbonyl (C=O) groups excluding carboxylic acids is 3. The van der Waals surface area contributed by atoms with Crippen LogP contribution in [0.5, 0.6) is 0 Å². The first-order valence-corrected chi connectivity index (χ1v) is 8.62. The molecule has 1 saturated carbocycles. The molecule has 1 aliphatic carbocycles. The van der Waals surface area contributed by atoms with Crippen molar-refractivity contribution in [1.29, 1.82) is 5.26 Å². The average Bonchev–Trinajstić information content (AvgIpc) is 3.10. The molecule has 0 aromatic carbocycles. The monoisotopic (exact) mass is 331 g/mol. The smallest absolute Gasteiger partial charge is 0.233 e. The first kappa shape index (κ1) is 15.7. The van der Waals surface area contributed by atoms with Crippen molar-refractivity contribution in [2.24, 2.45) is 11.8 Å². The van der Waals surface area contributed by atoms with Crippen LogP contribution in [0.1, 0.15) is 37.7 Å². The minimum atomic E-state index is -0.292. The minimum absolute atomic E-state index is 0.0552. The SMILES string of the molecule is N#Cc1ccsc1NC(=O)CCN1C(=O)[C@H]2CCCC[C@@H]2C1=O. The third-order valence-electron chi connectivity index (χ3n) is 4.53. The number of hydrogen-bond acceptors (Lipinski definition) is 5. The molecule has 0 radical (unpaired) electrons. The predicted molar refractivity (Wildman–Crippen MR) is 84.4 cm³/mol. The highest BCUT2D eigenvalue weighted by molar-refractivity contribution is 7.14. The molecule has 0 spiro atoms. The van der Waals surface area contributed by atoms with Crippen molar-refractivity contribution >= 4 is 34.1 Å². The van der Waals surface area contributed by atoms with Gasteiger partial charge in [-0.2, -0.15) is 5.26 Å². The first-order valence-electron chi connectivity index (χ1n) is 7.74. The van der Waals surface area contributed by atoms with Gasteiger partial charge in [0.1, 0.15) is 11.1 Å². The Bertz CT molecular complexity index is 667. The molecule has 3 amide bonds. The van der Waals surface area contributed by atoms with E-state index < -0.39 is 0 Å². The molecule has 1 aromatic heterocycles. The Balaban J connectivity index is 1.58. The van der Waals surface area contributed by atoms with E-state index >= 15 is 0 Å². The van der Waals surface area contributed by atoms with Crippen LogP contribution in [0.3, 0.4) is 0 Å². The Morgan fingerprint density at radius 2 is 1.96 bits per heavy atom. The Labute approximate surface area is 138 Å². The van der Waals surface area contributed by atoms with Gasteiger partial charge in [-0.05, 0) is 24.3 Å². The van der Waals surface area contributed by atoms with E-state index in [-0.39, 0.29) is 42.5 Å². The third-order valence-corrected chi connectivity index (χ3v) is 5.36. The van der Waals surface area contributed by atoms with Gasteiger partial charge < -0.3 is 5.32 Å². The number of imide groups is 1. The van der Waals surface area contributed by atoms with Gasteiger partial charge in [-0.15, -0.1) is 11.3 Å². The van der Waals surface area contributed by atoms with Gasteiger partial charge in [-0.3, -0.25) is 19.3 Å². The summed E-state index contributed by atoms with van der Waals surface area (Å²) in [6.45, 7) is 0.115. The fourth-order valence-corrected chi connectivity index (χ4v) is 4.10. The molecule has 1 aliphatic heterocycles. The van der Waals surface area contributed by atoms with Gasteiger partial charge in [0, 0.05) is 13.0 Å². The predicted octanol–water partition coefficient (Wildman–Crippen LogP) is 2.12. The number of rotatable bonds is 4. The molecule has 1 saturated heterocycles. The summed E-state index contributed by atoms with van der Waals surface area (Å²) in [6, 6.07) is 3.64. The normalized spacial score (nSPS) is 23.5. The molecule has 0 bridgehead atoms. The Hall–Kier alpha value is -2.20. The van der Waals surface area contributed by atoms with Crippen molar-refractivity contribution in [2.45, 2.75) is 32.1 Å². The maximum atomic E-state index is 12.3. The number of nitriles is 1. The van der Waals surface area contributed by atoms with Crippen molar-refractivity contribution in [2.75, 3.05) is 11.9 Å². The van der Waals surface area contributed by atoms with Crippen LogP contribution in [0.4, 0.5) is 5.00 Å². The molecule has 6 nitrogen and oxygen atoms in total. The van der Waals surface area contributed by atoms with Gasteiger partial charge in [0.15, 0.2) is 0 Å². The summed E-state index contributed by atoms with van der Waals surface area (Å²) in [6.07, 6.45) is 3.59. The molecule has 1 N–H and O–H groups in total. The van der Waals surface area contributed by atoms with Crippen LogP contribution >= 0.6 is 11.3 Å². The zero-order valence-electron chi connectivity index (χ0n) is 12.6. The van der Waals surface area contributed by atoms with E-state index in [1.54, 1.807) is 11.4 Å². The fourth-order valence-electron chi connectivity index (χ4n) is 3.35. The second-order valence-electron chi connectivity index (χ2n) is 5.90. The largest absolute Gasteiger partial charge is 0.317 e. The highest BCUT2D eigenvalue weighted by Gasteiger charge is 2.47. The molecule has 2 fully saturated rings. The Kier molecular flexibility index (Phi) is 4.44. The molecule has 120 valence electrons. The number of likely N-dealkylation sites (tertiary alicyclic amines) is 1. The van der Waals surface area contributed by atoms with Crippen LogP contribution in [0.25, 0.3) is 0 Å². The van der Waals surface area contributed by atoms with Gasteiger partial charge in [0.2, 0.25) is 17.7 Å². The van der Waals surface area contributed by atoms with Crippen LogP contribution in [0.2, 0.25) is 0 Å². The number of nitrogens with zero attached hydrogens (tertiary/aromatic N) is 2. The van der Waals surface area contributed by atoms with Crippen LogP contribution in [-0.4, -0.2) is 29.2 Å². The number of hydrogen-bond donors (Lipinski definition) is 1. The number of thiophene rings is 1. The Morgan fingerprint density at radius 3 is 2.57 bits per heavy atom. The second-order valence-corrected chi connectivity index (χ2v) is 6.82. The molecule has 1 aromatic rings. The first-order chi connectivity index (χ1) is 11.1. The molecule has 0 unspecified atom stereocenters. The maximum Gasteiger partial charge on any atom is 0.233 e. The molecular weight excluding hydrogens is 314 g/mol. The van der Waals surface area contributed by atoms with Crippen molar-refractivity contribution in [3.05, 3.63) is 17.0 Å². The van der Waals surface area contributed by atoms with Crippen molar-refractivity contribution < 1.29 is 14.4 Å². The highest BCUT2D eigenvalue weighted by Crippen LogP contribution is 2.38. The van der Waals surface area contributed by atoms with E-state index in [1.807, 2.05) is 6.07 Å². The van der Waals surface area contributed by atoms with E-state index in [0.717, 1.165) is 25.7 Å². The summed E-state index contributed by atoms with van der Waals surface area (Å²) in [5.74, 6) is -0.898. The van der Waals surface area contributed by atoms with Crippen molar-refractivity contribution in [3.63, 3.8) is 0 Å². The van der Waals surface area contributed by atoms with E-state index in [1.165, 1.54) is 16.2 Å². The van der Waals surface area contributed by atoms with E-state index in [2.05, 4.69) is 5.32 Å². The number of anilines is 1. The summed E-state index contributed by atoms with van der Waals surface area (Å²) >= 11 is 1.28. The minimum Gasteiger partial charge on any atom is -0.317 e. The molecule has 23 heavy (non-hydrogen) atoms. The van der Waals surface area contributed by atoms with E-state index in [4.69, 9.17) is 5.26 Å². The third kappa shape index (κ3) is 2.99. The van der Waals surface area contributed by atoms with Crippen LogP contribution in [0, 0.1) is 23.2 Å².